The number of aromatic nitrogens is 3. The summed E-state index contributed by atoms with van der Waals surface area (Å²) in [4.78, 5) is 42.4. The Balaban J connectivity index is 0.000000443. The number of alkyl halides is 9. The maximum absolute atomic E-state index is 13.3. The van der Waals surface area contributed by atoms with Gasteiger partial charge in [-0.05, 0) is 85.7 Å². The van der Waals surface area contributed by atoms with Crippen LogP contribution in [-0.4, -0.2) is 111 Å². The number of hydrogen-bond donors (Lipinski definition) is 5. The summed E-state index contributed by atoms with van der Waals surface area (Å²) in [6.07, 6.45) is -6.84. The zero-order valence-corrected chi connectivity index (χ0v) is 34.9. The minimum atomic E-state index is -5.08. The van der Waals surface area contributed by atoms with Crippen molar-refractivity contribution < 1.29 is 77.6 Å². The number of nitriles is 1. The molecule has 0 unspecified atom stereocenters. The Labute approximate surface area is 368 Å². The molecule has 4 aromatic rings. The van der Waals surface area contributed by atoms with Crippen molar-refractivity contribution in [2.75, 3.05) is 37.3 Å². The van der Waals surface area contributed by atoms with Gasteiger partial charge >= 0.3 is 36.4 Å². The molecule has 6 bridgehead atoms. The number of hydrogen-bond acceptors (Lipinski definition) is 12. The zero-order chi connectivity index (χ0) is 48.9. The number of nitrogens with one attached hydrogen (secondary N) is 2. The van der Waals surface area contributed by atoms with Gasteiger partial charge in [0, 0.05) is 38.1 Å². The smallest absolute Gasteiger partial charge is 0.475 e. The molecule has 0 saturated carbocycles. The number of anilines is 4. The molecule has 0 atom stereocenters. The number of halogens is 10. The van der Waals surface area contributed by atoms with Gasteiger partial charge in [0.05, 0.1) is 28.5 Å². The van der Waals surface area contributed by atoms with Crippen molar-refractivity contribution in [3.63, 3.8) is 0 Å². The van der Waals surface area contributed by atoms with Crippen molar-refractivity contribution in [1.82, 2.24) is 24.2 Å². The molecule has 0 amide bonds. The van der Waals surface area contributed by atoms with E-state index < -0.39 is 46.5 Å². The summed E-state index contributed by atoms with van der Waals surface area (Å²) >= 11 is 6.42. The first-order valence-electron chi connectivity index (χ1n) is 18.3. The molecule has 6 rings (SSSR count). The second-order valence-corrected chi connectivity index (χ2v) is 16.1. The number of carboxylic acids is 3. The molecule has 65 heavy (non-hydrogen) atoms. The molecule has 27 heteroatoms. The number of benzene rings is 2. The molecular weight excluding hydrogens is 935 g/mol. The van der Waals surface area contributed by atoms with Gasteiger partial charge in [-0.1, -0.05) is 29.8 Å². The SMILES string of the molecule is CN(Cc1ccc2cc1CCc1cncc(c1)Nc1ncc(Cl)c(n1)N2)CC1CCN(S(=O)(=O)c2ccccc2C#N)CC1.O=C(O)C(F)(F)F.O=C(O)C(F)(F)F.O=C(O)C(F)(F)F. The molecule has 1 fully saturated rings. The minimum absolute atomic E-state index is 0.0892. The molecule has 2 aromatic carbocycles. The Morgan fingerprint density at radius 2 is 1.42 bits per heavy atom. The molecule has 352 valence electrons. The highest BCUT2D eigenvalue weighted by atomic mass is 35.5. The maximum atomic E-state index is 13.3. The van der Waals surface area contributed by atoms with Crippen LogP contribution < -0.4 is 10.6 Å². The quantitative estimate of drug-likeness (QED) is 0.118. The van der Waals surface area contributed by atoms with Crippen molar-refractivity contribution in [1.29, 1.82) is 5.26 Å². The number of carbonyl (C=O) groups is 3. The zero-order valence-electron chi connectivity index (χ0n) is 33.3. The van der Waals surface area contributed by atoms with Gasteiger partial charge in [0.2, 0.25) is 16.0 Å². The molecule has 4 heterocycles. The van der Waals surface area contributed by atoms with Crippen molar-refractivity contribution >= 4 is 62.7 Å². The number of fused-ring (bicyclic) bond motifs is 6. The number of sulfonamides is 1. The molecule has 0 aliphatic carbocycles. The average Bonchev–Trinajstić information content (AvgIpc) is 3.22. The first kappa shape index (κ1) is 53.0. The van der Waals surface area contributed by atoms with Crippen molar-refractivity contribution in [3.05, 3.63) is 94.4 Å². The van der Waals surface area contributed by atoms with Crippen molar-refractivity contribution in [3.8, 4) is 6.07 Å². The van der Waals surface area contributed by atoms with Crippen LogP contribution in [0.25, 0.3) is 0 Å². The van der Waals surface area contributed by atoms with Gasteiger partial charge in [0.15, 0.2) is 5.82 Å². The van der Waals surface area contributed by atoms with Crippen molar-refractivity contribution in [2.45, 2.75) is 55.7 Å². The van der Waals surface area contributed by atoms with E-state index in [1.54, 1.807) is 30.6 Å². The number of carboxylic acid groups (broad SMARTS) is 3. The van der Waals surface area contributed by atoms with Crippen LogP contribution in [0, 0.1) is 17.2 Å². The molecule has 5 N–H and O–H groups in total. The van der Waals surface area contributed by atoms with Gasteiger partial charge in [0.25, 0.3) is 0 Å². The van der Waals surface area contributed by atoms with E-state index >= 15 is 0 Å². The fraction of sp³-hybridized carbons (Fsp3) is 0.342. The number of nitrogens with zero attached hydrogens (tertiary/aromatic N) is 6. The van der Waals surface area contributed by atoms with E-state index in [1.807, 2.05) is 18.3 Å². The number of aryl methyl sites for hydroxylation is 2. The summed E-state index contributed by atoms with van der Waals surface area (Å²) in [5.41, 5.74) is 5.47. The van der Waals surface area contributed by atoms with E-state index in [-0.39, 0.29) is 10.5 Å². The molecule has 0 spiro atoms. The highest BCUT2D eigenvalue weighted by Gasteiger charge is 2.39. The van der Waals surface area contributed by atoms with Crippen LogP contribution in [0.5, 0.6) is 0 Å². The topological polar surface area (TPSA) is 239 Å². The van der Waals surface area contributed by atoms with Crippen LogP contribution in [0.4, 0.5) is 62.7 Å². The summed E-state index contributed by atoms with van der Waals surface area (Å²) in [5, 5.41) is 37.8. The van der Waals surface area contributed by atoms with E-state index in [4.69, 9.17) is 41.3 Å². The molecule has 2 aromatic heterocycles. The highest BCUT2D eigenvalue weighted by Crippen LogP contribution is 2.30. The largest absolute Gasteiger partial charge is 0.490 e. The Kier molecular flexibility index (Phi) is 18.4. The standard InChI is InChI=1S/C32H33ClN8O2S.3C2HF3O2/c1-40(20-22-10-12-41(13-11-22)44(42,43)30-5-3-2-4-25(30)16-34)21-26-8-9-27-15-24(26)7-6-23-14-28(18-35-17-23)38-32-36-19-29(33)31(37-27)39-32;3*3-2(4,5)1(6)7/h2-5,8-9,14-15,17-19,22H,6-7,10-13,20-21H2,1H3,(H2,36,37,38,39);3*(H,6,7). The van der Waals surface area contributed by atoms with Crippen LogP contribution >= 0.6 is 11.6 Å². The normalized spacial score (nSPS) is 14.3. The fourth-order valence-electron chi connectivity index (χ4n) is 5.89. The Bertz CT molecular complexity index is 2410. The van der Waals surface area contributed by atoms with Crippen LogP contribution in [0.15, 0.2) is 72.0 Å². The molecule has 0 radical (unpaired) electrons. The number of rotatable bonds is 6. The summed E-state index contributed by atoms with van der Waals surface area (Å²) in [6.45, 7) is 2.52. The number of piperidine rings is 1. The lowest BCUT2D eigenvalue weighted by atomic mass is 9.96. The third-order valence-electron chi connectivity index (χ3n) is 8.88. The van der Waals surface area contributed by atoms with Gasteiger partial charge in [-0.3, -0.25) is 4.98 Å². The summed E-state index contributed by atoms with van der Waals surface area (Å²) in [6, 6.07) is 16.8. The minimum Gasteiger partial charge on any atom is -0.475 e. The van der Waals surface area contributed by atoms with E-state index in [9.17, 15) is 53.2 Å². The van der Waals surface area contributed by atoms with Crippen LogP contribution in [0.3, 0.4) is 0 Å². The number of pyridine rings is 1. The third kappa shape index (κ3) is 16.6. The lowest BCUT2D eigenvalue weighted by Crippen LogP contribution is -2.41. The molecule has 16 nitrogen and oxygen atoms in total. The van der Waals surface area contributed by atoms with Gasteiger partial charge in [-0.2, -0.15) is 54.1 Å². The lowest BCUT2D eigenvalue weighted by Gasteiger charge is -2.33. The summed E-state index contributed by atoms with van der Waals surface area (Å²) < 4.78 is 123. The van der Waals surface area contributed by atoms with E-state index in [2.05, 4.69) is 55.7 Å². The third-order valence-corrected chi connectivity index (χ3v) is 11.1. The average molecular weight is 971 g/mol. The first-order valence-corrected chi connectivity index (χ1v) is 20.1. The molecule has 1 saturated heterocycles. The lowest BCUT2D eigenvalue weighted by molar-refractivity contribution is -0.193. The first-order chi connectivity index (χ1) is 30.1. The second-order valence-electron chi connectivity index (χ2n) is 13.8. The Hall–Kier alpha value is -6.30. The predicted molar refractivity (Wildman–Crippen MR) is 212 cm³/mol. The molecule has 2 aliphatic heterocycles. The van der Waals surface area contributed by atoms with Gasteiger partial charge in [-0.25, -0.2) is 27.8 Å². The summed E-state index contributed by atoms with van der Waals surface area (Å²) in [5.74, 6) is -6.94. The molecule has 2 aliphatic rings. The fourth-order valence-corrected chi connectivity index (χ4v) is 7.64. The Morgan fingerprint density at radius 3 is 1.97 bits per heavy atom. The van der Waals surface area contributed by atoms with E-state index in [0.29, 0.717) is 35.8 Å². The van der Waals surface area contributed by atoms with Gasteiger partial charge < -0.3 is 30.9 Å². The van der Waals surface area contributed by atoms with Gasteiger partial charge in [0.1, 0.15) is 11.1 Å². The summed E-state index contributed by atoms with van der Waals surface area (Å²) in [7, 11) is -1.59. The van der Waals surface area contributed by atoms with Gasteiger partial charge in [-0.15, -0.1) is 0 Å². The maximum Gasteiger partial charge on any atom is 0.490 e. The number of aliphatic carboxylic acids is 3. The second kappa shape index (κ2) is 22.5. The van der Waals surface area contributed by atoms with Crippen LogP contribution in [0.2, 0.25) is 5.02 Å². The van der Waals surface area contributed by atoms with E-state index in [1.165, 1.54) is 21.5 Å². The monoisotopic (exact) mass is 970 g/mol. The van der Waals surface area contributed by atoms with Crippen molar-refractivity contribution in [2.24, 2.45) is 5.92 Å². The molecular formula is C38H36ClF9N8O8S. The Morgan fingerprint density at radius 1 is 0.846 bits per heavy atom. The van der Waals surface area contributed by atoms with E-state index in [0.717, 1.165) is 55.7 Å². The predicted octanol–water partition coefficient (Wildman–Crippen LogP) is 7.42. The highest BCUT2D eigenvalue weighted by molar-refractivity contribution is 7.89. The van der Waals surface area contributed by atoms with Crippen LogP contribution in [-0.2, 0) is 43.8 Å². The van der Waals surface area contributed by atoms with Crippen LogP contribution in [0.1, 0.15) is 35.1 Å².